The summed E-state index contributed by atoms with van der Waals surface area (Å²) >= 11 is 0. The van der Waals surface area contributed by atoms with Crippen LogP contribution in [0.1, 0.15) is 44.2 Å². The SMILES string of the molecule is CC(C)CC(=O)N1CCN(c2ccc3c(c2)CCC3)C(CC(N)=O)C1. The van der Waals surface area contributed by atoms with Crippen LogP contribution in [0.25, 0.3) is 0 Å². The Labute approximate surface area is 150 Å². The molecule has 0 aromatic heterocycles. The van der Waals surface area contributed by atoms with Crippen LogP contribution in [0.2, 0.25) is 0 Å². The molecule has 0 radical (unpaired) electrons. The van der Waals surface area contributed by atoms with Crippen molar-refractivity contribution in [2.45, 2.75) is 52.0 Å². The van der Waals surface area contributed by atoms with E-state index in [0.29, 0.717) is 25.4 Å². The van der Waals surface area contributed by atoms with Gasteiger partial charge in [0.15, 0.2) is 0 Å². The van der Waals surface area contributed by atoms with Gasteiger partial charge < -0.3 is 15.5 Å². The fourth-order valence-corrected chi connectivity index (χ4v) is 4.04. The molecule has 5 nitrogen and oxygen atoms in total. The van der Waals surface area contributed by atoms with Gasteiger partial charge in [-0.05, 0) is 48.4 Å². The van der Waals surface area contributed by atoms with Crippen molar-refractivity contribution in [2.75, 3.05) is 24.5 Å². The van der Waals surface area contributed by atoms with E-state index in [9.17, 15) is 9.59 Å². The molecule has 1 aliphatic carbocycles. The summed E-state index contributed by atoms with van der Waals surface area (Å²) in [5, 5.41) is 0. The van der Waals surface area contributed by atoms with Crippen LogP contribution in [0.15, 0.2) is 18.2 Å². The second-order valence-corrected chi connectivity index (χ2v) is 7.76. The van der Waals surface area contributed by atoms with E-state index < -0.39 is 0 Å². The molecule has 0 saturated carbocycles. The summed E-state index contributed by atoms with van der Waals surface area (Å²) in [6, 6.07) is 6.60. The van der Waals surface area contributed by atoms with Crippen molar-refractivity contribution >= 4 is 17.5 Å². The molecule has 1 fully saturated rings. The van der Waals surface area contributed by atoms with E-state index in [1.807, 2.05) is 4.90 Å². The number of fused-ring (bicyclic) bond motifs is 1. The van der Waals surface area contributed by atoms with E-state index in [1.165, 1.54) is 17.5 Å². The number of amides is 2. The van der Waals surface area contributed by atoms with Gasteiger partial charge in [0.05, 0.1) is 6.04 Å². The van der Waals surface area contributed by atoms with E-state index in [-0.39, 0.29) is 24.3 Å². The first-order valence-corrected chi connectivity index (χ1v) is 9.38. The lowest BCUT2D eigenvalue weighted by Crippen LogP contribution is -2.56. The maximum atomic E-state index is 12.4. The monoisotopic (exact) mass is 343 g/mol. The summed E-state index contributed by atoms with van der Waals surface area (Å²) in [6.07, 6.45) is 4.36. The zero-order chi connectivity index (χ0) is 18.0. The number of hydrogen-bond acceptors (Lipinski definition) is 3. The number of nitrogens with zero attached hydrogens (tertiary/aromatic N) is 2. The lowest BCUT2D eigenvalue weighted by Gasteiger charge is -2.43. The molecule has 0 spiro atoms. The largest absolute Gasteiger partial charge is 0.370 e. The number of aryl methyl sites for hydroxylation is 2. The van der Waals surface area contributed by atoms with Crippen LogP contribution in [0.4, 0.5) is 5.69 Å². The van der Waals surface area contributed by atoms with Gasteiger partial charge in [0.2, 0.25) is 11.8 Å². The Morgan fingerprint density at radius 2 is 1.96 bits per heavy atom. The van der Waals surface area contributed by atoms with Crippen LogP contribution >= 0.6 is 0 Å². The zero-order valence-corrected chi connectivity index (χ0v) is 15.3. The molecule has 25 heavy (non-hydrogen) atoms. The standard InChI is InChI=1S/C20H29N3O2/c1-14(2)10-20(25)22-8-9-23(18(13-22)12-19(21)24)17-7-6-15-4-3-5-16(15)11-17/h6-7,11,14,18H,3-5,8-10,12-13H2,1-2H3,(H2,21,24). The molecule has 1 aliphatic heterocycles. The summed E-state index contributed by atoms with van der Waals surface area (Å²) in [7, 11) is 0. The molecule has 0 bridgehead atoms. The van der Waals surface area contributed by atoms with Crippen molar-refractivity contribution in [3.8, 4) is 0 Å². The number of carbonyl (C=O) groups is 2. The van der Waals surface area contributed by atoms with Crippen molar-refractivity contribution in [1.82, 2.24) is 4.90 Å². The Morgan fingerprint density at radius 3 is 2.68 bits per heavy atom. The van der Waals surface area contributed by atoms with E-state index >= 15 is 0 Å². The average Bonchev–Trinajstić information content (AvgIpc) is 3.01. The molecule has 136 valence electrons. The molecule has 1 aromatic rings. The first-order valence-electron chi connectivity index (χ1n) is 9.38. The minimum Gasteiger partial charge on any atom is -0.370 e. The third-order valence-corrected chi connectivity index (χ3v) is 5.27. The van der Waals surface area contributed by atoms with Crippen molar-refractivity contribution in [1.29, 1.82) is 0 Å². The first kappa shape index (κ1) is 17.8. The van der Waals surface area contributed by atoms with Crippen LogP contribution in [-0.4, -0.2) is 42.4 Å². The van der Waals surface area contributed by atoms with E-state index in [4.69, 9.17) is 5.73 Å². The Bertz CT molecular complexity index is 656. The van der Waals surface area contributed by atoms with Crippen LogP contribution in [0.3, 0.4) is 0 Å². The number of carbonyl (C=O) groups excluding carboxylic acids is 2. The smallest absolute Gasteiger partial charge is 0.222 e. The topological polar surface area (TPSA) is 66.6 Å². The molecule has 1 saturated heterocycles. The van der Waals surface area contributed by atoms with Gasteiger partial charge in [-0.15, -0.1) is 0 Å². The second-order valence-electron chi connectivity index (χ2n) is 7.76. The minimum atomic E-state index is -0.311. The average molecular weight is 343 g/mol. The molecule has 1 unspecified atom stereocenters. The van der Waals surface area contributed by atoms with E-state index in [2.05, 4.69) is 36.9 Å². The Morgan fingerprint density at radius 1 is 1.20 bits per heavy atom. The van der Waals surface area contributed by atoms with Crippen LogP contribution in [-0.2, 0) is 22.4 Å². The quantitative estimate of drug-likeness (QED) is 0.890. The van der Waals surface area contributed by atoms with Crippen LogP contribution in [0.5, 0.6) is 0 Å². The first-order chi connectivity index (χ1) is 11.9. The number of rotatable bonds is 5. The predicted molar refractivity (Wildman–Crippen MR) is 99.4 cm³/mol. The van der Waals surface area contributed by atoms with Gasteiger partial charge in [-0.3, -0.25) is 9.59 Å². The number of anilines is 1. The fraction of sp³-hybridized carbons (Fsp3) is 0.600. The van der Waals surface area contributed by atoms with Crippen molar-refractivity contribution in [2.24, 2.45) is 11.7 Å². The van der Waals surface area contributed by atoms with Crippen LogP contribution in [0, 0.1) is 5.92 Å². The number of primary amides is 1. The number of benzene rings is 1. The molecule has 5 heteroatoms. The molecular formula is C20H29N3O2. The molecule has 2 N–H and O–H groups in total. The van der Waals surface area contributed by atoms with Gasteiger partial charge in [0, 0.05) is 38.2 Å². The molecule has 2 aliphatic rings. The molecule has 1 heterocycles. The van der Waals surface area contributed by atoms with Gasteiger partial charge in [-0.1, -0.05) is 19.9 Å². The molecule has 1 atom stereocenters. The van der Waals surface area contributed by atoms with Gasteiger partial charge in [0.25, 0.3) is 0 Å². The lowest BCUT2D eigenvalue weighted by molar-refractivity contribution is -0.133. The van der Waals surface area contributed by atoms with Gasteiger partial charge in [-0.25, -0.2) is 0 Å². The highest BCUT2D eigenvalue weighted by atomic mass is 16.2. The highest BCUT2D eigenvalue weighted by molar-refractivity contribution is 5.78. The van der Waals surface area contributed by atoms with Gasteiger partial charge in [0.1, 0.15) is 0 Å². The maximum Gasteiger partial charge on any atom is 0.222 e. The number of piperazine rings is 1. The predicted octanol–water partition coefficient (Wildman–Crippen LogP) is 2.11. The molecular weight excluding hydrogens is 314 g/mol. The molecule has 1 aromatic carbocycles. The summed E-state index contributed by atoms with van der Waals surface area (Å²) < 4.78 is 0. The van der Waals surface area contributed by atoms with Crippen molar-refractivity contribution in [3.63, 3.8) is 0 Å². The highest BCUT2D eigenvalue weighted by Gasteiger charge is 2.31. The highest BCUT2D eigenvalue weighted by Crippen LogP contribution is 2.29. The summed E-state index contributed by atoms with van der Waals surface area (Å²) in [4.78, 5) is 28.2. The van der Waals surface area contributed by atoms with E-state index in [0.717, 1.165) is 25.1 Å². The molecule has 2 amide bonds. The minimum absolute atomic E-state index is 0.0400. The summed E-state index contributed by atoms with van der Waals surface area (Å²) in [6.45, 7) is 6.14. The fourth-order valence-electron chi connectivity index (χ4n) is 4.04. The van der Waals surface area contributed by atoms with Crippen LogP contribution < -0.4 is 10.6 Å². The van der Waals surface area contributed by atoms with E-state index in [1.54, 1.807) is 0 Å². The van der Waals surface area contributed by atoms with Gasteiger partial charge in [-0.2, -0.15) is 0 Å². The third kappa shape index (κ3) is 4.14. The number of nitrogens with two attached hydrogens (primary N) is 1. The summed E-state index contributed by atoms with van der Waals surface area (Å²) in [5.74, 6) is 0.212. The molecule has 3 rings (SSSR count). The third-order valence-electron chi connectivity index (χ3n) is 5.27. The van der Waals surface area contributed by atoms with Crippen molar-refractivity contribution < 1.29 is 9.59 Å². The second kappa shape index (κ2) is 7.46. The summed E-state index contributed by atoms with van der Waals surface area (Å²) in [5.41, 5.74) is 9.51. The Balaban J connectivity index is 1.77. The maximum absolute atomic E-state index is 12.4. The Kier molecular flexibility index (Phi) is 5.30. The number of hydrogen-bond donors (Lipinski definition) is 1. The lowest BCUT2D eigenvalue weighted by atomic mass is 10.0. The normalized spacial score (nSPS) is 20.0. The van der Waals surface area contributed by atoms with Crippen molar-refractivity contribution in [3.05, 3.63) is 29.3 Å². The van der Waals surface area contributed by atoms with Gasteiger partial charge >= 0.3 is 0 Å². The Hall–Kier alpha value is -2.04. The zero-order valence-electron chi connectivity index (χ0n) is 15.3.